The molecule has 0 atom stereocenters. The van der Waals surface area contributed by atoms with Gasteiger partial charge < -0.3 is 10.5 Å². The molecule has 1 heterocycles. The first-order valence-corrected chi connectivity index (χ1v) is 6.68. The first kappa shape index (κ1) is 14.6. The van der Waals surface area contributed by atoms with Crippen molar-refractivity contribution in [2.75, 3.05) is 19.1 Å². The van der Waals surface area contributed by atoms with E-state index >= 15 is 0 Å². The van der Waals surface area contributed by atoms with Gasteiger partial charge >= 0.3 is 6.18 Å². The van der Waals surface area contributed by atoms with Gasteiger partial charge in [0.15, 0.2) is 0 Å². The van der Waals surface area contributed by atoms with Gasteiger partial charge in [0, 0.05) is 5.69 Å². The molecule has 1 aliphatic heterocycles. The molecule has 0 saturated carbocycles. The highest BCUT2D eigenvalue weighted by Gasteiger charge is 2.42. The molecule has 0 aromatic heterocycles. The van der Waals surface area contributed by atoms with E-state index in [1.54, 1.807) is 0 Å². The summed E-state index contributed by atoms with van der Waals surface area (Å²) in [6.07, 6.45) is -4.61. The van der Waals surface area contributed by atoms with Crippen molar-refractivity contribution in [3.8, 4) is 0 Å². The van der Waals surface area contributed by atoms with Crippen molar-refractivity contribution in [3.63, 3.8) is 0 Å². The molecule has 0 aliphatic carbocycles. The number of ether oxygens (including phenoxy) is 1. The first-order chi connectivity index (χ1) is 9.13. The number of carbonyl (C=O) groups is 1. The summed E-state index contributed by atoms with van der Waals surface area (Å²) in [5.74, 6) is -0.963. The van der Waals surface area contributed by atoms with Gasteiger partial charge in [0.25, 0.3) is 15.9 Å². The smallest absolute Gasteiger partial charge is 0.399 e. The molecular formula is C10H9F3N2O4S. The molecule has 20 heavy (non-hydrogen) atoms. The number of nitrogens with zero attached hydrogens (tertiary/aromatic N) is 1. The monoisotopic (exact) mass is 310 g/mol. The van der Waals surface area contributed by atoms with Crippen LogP contribution >= 0.6 is 0 Å². The van der Waals surface area contributed by atoms with Crippen molar-refractivity contribution in [3.05, 3.63) is 23.8 Å². The van der Waals surface area contributed by atoms with E-state index in [0.717, 1.165) is 12.1 Å². The van der Waals surface area contributed by atoms with E-state index in [1.165, 1.54) is 6.07 Å². The number of benzene rings is 1. The highest BCUT2D eigenvalue weighted by atomic mass is 32.2. The number of fused-ring (bicyclic) bond motifs is 1. The zero-order chi connectivity index (χ0) is 15.1. The number of halogens is 3. The van der Waals surface area contributed by atoms with Crippen LogP contribution in [0.2, 0.25) is 0 Å². The average Bonchev–Trinajstić information content (AvgIpc) is 2.48. The van der Waals surface area contributed by atoms with Gasteiger partial charge in [0.2, 0.25) is 0 Å². The van der Waals surface area contributed by atoms with Crippen LogP contribution in [0.25, 0.3) is 0 Å². The third kappa shape index (κ3) is 2.56. The quantitative estimate of drug-likeness (QED) is 0.840. The lowest BCUT2D eigenvalue weighted by Gasteiger charge is -2.15. The van der Waals surface area contributed by atoms with E-state index in [9.17, 15) is 26.4 Å². The summed E-state index contributed by atoms with van der Waals surface area (Å²) in [6.45, 7) is -2.65. The fraction of sp³-hybridized carbons (Fsp3) is 0.300. The summed E-state index contributed by atoms with van der Waals surface area (Å²) < 4.78 is 64.2. The SMILES string of the molecule is Nc1ccc2c(c1)C(=O)N(COCC(F)(F)F)S2(=O)=O. The van der Waals surface area contributed by atoms with Crippen LogP contribution in [-0.4, -0.2) is 38.1 Å². The lowest BCUT2D eigenvalue weighted by molar-refractivity contribution is -0.178. The minimum atomic E-state index is -4.61. The molecule has 10 heteroatoms. The number of sulfonamides is 1. The number of amides is 1. The Morgan fingerprint density at radius 2 is 1.95 bits per heavy atom. The Bertz CT molecular complexity index is 657. The highest BCUT2D eigenvalue weighted by Crippen LogP contribution is 2.31. The molecule has 2 rings (SSSR count). The summed E-state index contributed by atoms with van der Waals surface area (Å²) >= 11 is 0. The lowest BCUT2D eigenvalue weighted by Crippen LogP contribution is -2.34. The fourth-order valence-corrected chi connectivity index (χ4v) is 3.11. The van der Waals surface area contributed by atoms with Crippen LogP contribution in [0.1, 0.15) is 10.4 Å². The molecule has 1 amide bonds. The summed E-state index contributed by atoms with van der Waals surface area (Å²) in [5.41, 5.74) is 5.43. The number of nitrogens with two attached hydrogens (primary N) is 1. The van der Waals surface area contributed by atoms with Crippen molar-refractivity contribution in [1.82, 2.24) is 4.31 Å². The summed E-state index contributed by atoms with van der Waals surface area (Å²) in [4.78, 5) is 11.6. The maximum Gasteiger partial charge on any atom is 0.411 e. The third-order valence-electron chi connectivity index (χ3n) is 2.50. The Morgan fingerprint density at radius 3 is 2.55 bits per heavy atom. The molecule has 110 valence electrons. The van der Waals surface area contributed by atoms with Crippen LogP contribution < -0.4 is 5.73 Å². The van der Waals surface area contributed by atoms with Gasteiger partial charge in [-0.25, -0.2) is 12.7 Å². The number of rotatable bonds is 3. The van der Waals surface area contributed by atoms with Crippen LogP contribution in [0, 0.1) is 0 Å². The number of nitrogen functional groups attached to an aromatic ring is 1. The second kappa shape index (κ2) is 4.63. The van der Waals surface area contributed by atoms with Gasteiger partial charge in [-0.05, 0) is 18.2 Å². The van der Waals surface area contributed by atoms with Gasteiger partial charge in [0.1, 0.15) is 18.2 Å². The zero-order valence-electron chi connectivity index (χ0n) is 9.85. The van der Waals surface area contributed by atoms with Gasteiger partial charge in [-0.15, -0.1) is 0 Å². The van der Waals surface area contributed by atoms with Crippen LogP contribution in [0.15, 0.2) is 23.1 Å². The number of hydrogen-bond acceptors (Lipinski definition) is 5. The maximum atomic E-state index is 12.0. The number of anilines is 1. The molecule has 0 fully saturated rings. The average molecular weight is 310 g/mol. The molecule has 2 N–H and O–H groups in total. The summed E-state index contributed by atoms with van der Waals surface area (Å²) in [7, 11) is -4.19. The number of carbonyl (C=O) groups excluding carboxylic acids is 1. The van der Waals surface area contributed by atoms with E-state index in [0.29, 0.717) is 0 Å². The highest BCUT2D eigenvalue weighted by molar-refractivity contribution is 7.90. The van der Waals surface area contributed by atoms with Gasteiger partial charge in [0.05, 0.1) is 5.56 Å². The van der Waals surface area contributed by atoms with E-state index in [-0.39, 0.29) is 20.5 Å². The van der Waals surface area contributed by atoms with E-state index in [4.69, 9.17) is 5.73 Å². The van der Waals surface area contributed by atoms with Crippen molar-refractivity contribution in [1.29, 1.82) is 0 Å². The zero-order valence-corrected chi connectivity index (χ0v) is 10.7. The lowest BCUT2D eigenvalue weighted by atomic mass is 10.2. The first-order valence-electron chi connectivity index (χ1n) is 5.24. The van der Waals surface area contributed by atoms with E-state index in [2.05, 4.69) is 4.74 Å². The molecule has 1 aromatic rings. The van der Waals surface area contributed by atoms with Gasteiger partial charge in [-0.2, -0.15) is 13.2 Å². The topological polar surface area (TPSA) is 89.7 Å². The molecule has 1 aromatic carbocycles. The predicted octanol–water partition coefficient (Wildman–Crippen LogP) is 0.950. The molecule has 0 spiro atoms. The van der Waals surface area contributed by atoms with E-state index < -0.39 is 35.4 Å². The van der Waals surface area contributed by atoms with Gasteiger partial charge in [-0.3, -0.25) is 4.79 Å². The van der Waals surface area contributed by atoms with Crippen LogP contribution in [0.3, 0.4) is 0 Å². The van der Waals surface area contributed by atoms with Crippen molar-refractivity contribution in [2.45, 2.75) is 11.1 Å². The van der Waals surface area contributed by atoms with Crippen LogP contribution in [0.5, 0.6) is 0 Å². The molecule has 0 radical (unpaired) electrons. The molecule has 0 unspecified atom stereocenters. The third-order valence-corrected chi connectivity index (χ3v) is 4.27. The second-order valence-corrected chi connectivity index (χ2v) is 5.84. The predicted molar refractivity (Wildman–Crippen MR) is 61.1 cm³/mol. The Kier molecular flexibility index (Phi) is 3.38. The second-order valence-electron chi connectivity index (χ2n) is 4.01. The normalized spacial score (nSPS) is 17.4. The van der Waals surface area contributed by atoms with Gasteiger partial charge in [-0.1, -0.05) is 0 Å². The van der Waals surface area contributed by atoms with Crippen LogP contribution in [0.4, 0.5) is 18.9 Å². The Hall–Kier alpha value is -1.81. The molecular weight excluding hydrogens is 301 g/mol. The maximum absolute atomic E-state index is 12.0. The minimum Gasteiger partial charge on any atom is -0.399 e. The fourth-order valence-electron chi connectivity index (χ4n) is 1.67. The Morgan fingerprint density at radius 1 is 1.30 bits per heavy atom. The largest absolute Gasteiger partial charge is 0.411 e. The molecule has 0 bridgehead atoms. The summed E-state index contributed by atoms with van der Waals surface area (Å²) in [5, 5.41) is 0. The molecule has 6 nitrogen and oxygen atoms in total. The Labute approximate surface area is 112 Å². The number of hydrogen-bond donors (Lipinski definition) is 1. The molecule has 1 aliphatic rings. The van der Waals surface area contributed by atoms with Crippen LogP contribution in [-0.2, 0) is 14.8 Å². The van der Waals surface area contributed by atoms with E-state index in [1.807, 2.05) is 0 Å². The van der Waals surface area contributed by atoms with Crippen molar-refractivity contribution >= 4 is 21.6 Å². The Balaban J connectivity index is 2.24. The molecule has 0 saturated heterocycles. The minimum absolute atomic E-state index is 0.172. The standard InChI is InChI=1S/C10H9F3N2O4S/c11-10(12,13)4-19-5-15-9(16)7-3-6(14)1-2-8(7)20(15,17)18/h1-3H,4-5,14H2. The number of alkyl halides is 3. The van der Waals surface area contributed by atoms with Crippen molar-refractivity contribution < 1.29 is 31.1 Å². The van der Waals surface area contributed by atoms with Crippen molar-refractivity contribution in [2.24, 2.45) is 0 Å². The summed E-state index contributed by atoms with van der Waals surface area (Å²) in [6, 6.07) is 3.56.